The van der Waals surface area contributed by atoms with Gasteiger partial charge in [0.25, 0.3) is 0 Å². The highest BCUT2D eigenvalue weighted by Gasteiger charge is 2.18. The minimum Gasteiger partial charge on any atom is -0.484 e. The summed E-state index contributed by atoms with van der Waals surface area (Å²) in [6.07, 6.45) is -0.185. The molecule has 2 aromatic carbocycles. The maximum absolute atomic E-state index is 9.05. The molecule has 0 spiro atoms. The highest BCUT2D eigenvalue weighted by atomic mass is 16.5. The third-order valence-corrected chi connectivity index (χ3v) is 3.22. The molecule has 0 aliphatic heterocycles. The molecule has 0 saturated heterocycles. The van der Waals surface area contributed by atoms with Crippen LogP contribution in [0.25, 0.3) is 0 Å². The van der Waals surface area contributed by atoms with Crippen molar-refractivity contribution < 1.29 is 9.84 Å². The molecule has 2 unspecified atom stereocenters. The molecule has 0 heterocycles. The van der Waals surface area contributed by atoms with Crippen LogP contribution in [0.3, 0.4) is 0 Å². The lowest BCUT2D eigenvalue weighted by molar-refractivity contribution is 0.180. The van der Waals surface area contributed by atoms with E-state index < -0.39 is 0 Å². The van der Waals surface area contributed by atoms with Gasteiger partial charge in [-0.25, -0.2) is 0 Å². The standard InChI is InChI=1S/C17H21NO2/c1-12-4-3-5-15(10-12)17(13(2)18)20-16-8-6-14(11-19)7-9-16/h3-10,13,17,19H,11,18H2,1-2H3. The Hall–Kier alpha value is -1.84. The molecule has 106 valence electrons. The number of ether oxygens (including phenoxy) is 1. The van der Waals surface area contributed by atoms with E-state index in [0.29, 0.717) is 0 Å². The van der Waals surface area contributed by atoms with Gasteiger partial charge in [-0.05, 0) is 37.1 Å². The third-order valence-electron chi connectivity index (χ3n) is 3.22. The van der Waals surface area contributed by atoms with Gasteiger partial charge in [0.1, 0.15) is 11.9 Å². The fraction of sp³-hybridized carbons (Fsp3) is 0.294. The maximum Gasteiger partial charge on any atom is 0.138 e. The zero-order valence-electron chi connectivity index (χ0n) is 11.9. The normalized spacial score (nSPS) is 13.8. The van der Waals surface area contributed by atoms with Crippen molar-refractivity contribution in [3.63, 3.8) is 0 Å². The summed E-state index contributed by atoms with van der Waals surface area (Å²) in [6.45, 7) is 4.03. The first-order valence-electron chi connectivity index (χ1n) is 6.79. The molecule has 0 saturated carbocycles. The maximum atomic E-state index is 9.05. The molecule has 0 aliphatic carbocycles. The first kappa shape index (κ1) is 14.6. The predicted molar refractivity (Wildman–Crippen MR) is 80.6 cm³/mol. The molecular formula is C17H21NO2. The van der Waals surface area contributed by atoms with Crippen molar-refractivity contribution in [1.29, 1.82) is 0 Å². The molecule has 2 rings (SSSR count). The average Bonchev–Trinajstić information content (AvgIpc) is 2.45. The van der Waals surface area contributed by atoms with Crippen molar-refractivity contribution >= 4 is 0 Å². The first-order chi connectivity index (χ1) is 9.60. The lowest BCUT2D eigenvalue weighted by Crippen LogP contribution is -2.29. The largest absolute Gasteiger partial charge is 0.484 e. The fourth-order valence-electron chi connectivity index (χ4n) is 2.15. The Balaban J connectivity index is 2.21. The first-order valence-corrected chi connectivity index (χ1v) is 6.79. The number of aryl methyl sites for hydroxylation is 1. The van der Waals surface area contributed by atoms with E-state index in [-0.39, 0.29) is 18.8 Å². The van der Waals surface area contributed by atoms with Crippen molar-refractivity contribution in [2.75, 3.05) is 0 Å². The van der Waals surface area contributed by atoms with Crippen molar-refractivity contribution in [3.8, 4) is 5.75 Å². The second kappa shape index (κ2) is 6.55. The molecule has 2 atom stereocenters. The lowest BCUT2D eigenvalue weighted by atomic mass is 10.0. The van der Waals surface area contributed by atoms with E-state index in [0.717, 1.165) is 16.9 Å². The molecule has 3 nitrogen and oxygen atoms in total. The molecular weight excluding hydrogens is 250 g/mol. The van der Waals surface area contributed by atoms with Crippen LogP contribution in [0.2, 0.25) is 0 Å². The van der Waals surface area contributed by atoms with Gasteiger partial charge >= 0.3 is 0 Å². The Morgan fingerprint density at radius 2 is 1.85 bits per heavy atom. The van der Waals surface area contributed by atoms with Gasteiger partial charge in [0, 0.05) is 6.04 Å². The van der Waals surface area contributed by atoms with Crippen molar-refractivity contribution in [2.24, 2.45) is 5.73 Å². The minimum atomic E-state index is -0.185. The number of hydrogen-bond acceptors (Lipinski definition) is 3. The van der Waals surface area contributed by atoms with Gasteiger partial charge in [-0.3, -0.25) is 0 Å². The van der Waals surface area contributed by atoms with Crippen LogP contribution < -0.4 is 10.5 Å². The van der Waals surface area contributed by atoms with E-state index in [1.54, 1.807) is 0 Å². The van der Waals surface area contributed by atoms with Crippen LogP contribution >= 0.6 is 0 Å². The Morgan fingerprint density at radius 1 is 1.15 bits per heavy atom. The van der Waals surface area contributed by atoms with E-state index in [2.05, 4.69) is 19.1 Å². The summed E-state index contributed by atoms with van der Waals surface area (Å²) in [5.41, 5.74) is 9.19. The van der Waals surface area contributed by atoms with Crippen molar-refractivity contribution in [1.82, 2.24) is 0 Å². The smallest absolute Gasteiger partial charge is 0.138 e. The second-order valence-electron chi connectivity index (χ2n) is 5.11. The summed E-state index contributed by atoms with van der Waals surface area (Å²) in [6, 6.07) is 15.5. The highest BCUT2D eigenvalue weighted by molar-refractivity contribution is 5.30. The third kappa shape index (κ3) is 3.59. The number of aliphatic hydroxyl groups is 1. The summed E-state index contributed by atoms with van der Waals surface area (Å²) in [5.74, 6) is 0.756. The van der Waals surface area contributed by atoms with Crippen molar-refractivity contribution in [3.05, 3.63) is 65.2 Å². The Labute approximate surface area is 120 Å². The number of hydrogen-bond donors (Lipinski definition) is 2. The van der Waals surface area contributed by atoms with E-state index in [4.69, 9.17) is 15.6 Å². The Kier molecular flexibility index (Phi) is 4.77. The summed E-state index contributed by atoms with van der Waals surface area (Å²) in [4.78, 5) is 0. The fourth-order valence-corrected chi connectivity index (χ4v) is 2.15. The molecule has 0 aliphatic rings. The number of benzene rings is 2. The molecule has 20 heavy (non-hydrogen) atoms. The highest BCUT2D eigenvalue weighted by Crippen LogP contribution is 2.25. The number of aliphatic hydroxyl groups excluding tert-OH is 1. The summed E-state index contributed by atoms with van der Waals surface area (Å²) >= 11 is 0. The van der Waals surface area contributed by atoms with E-state index in [1.165, 1.54) is 5.56 Å². The van der Waals surface area contributed by atoms with Crippen LogP contribution in [0.1, 0.15) is 29.7 Å². The average molecular weight is 271 g/mol. The van der Waals surface area contributed by atoms with Gasteiger partial charge in [0.05, 0.1) is 6.61 Å². The van der Waals surface area contributed by atoms with Gasteiger partial charge in [-0.2, -0.15) is 0 Å². The van der Waals surface area contributed by atoms with E-state index in [9.17, 15) is 0 Å². The van der Waals surface area contributed by atoms with Gasteiger partial charge in [-0.1, -0.05) is 42.0 Å². The zero-order valence-corrected chi connectivity index (χ0v) is 11.9. The molecule has 3 heteroatoms. The van der Waals surface area contributed by atoms with Crippen LogP contribution in [-0.4, -0.2) is 11.1 Å². The molecule has 0 fully saturated rings. The number of nitrogens with two attached hydrogens (primary N) is 1. The molecule has 0 amide bonds. The quantitative estimate of drug-likeness (QED) is 0.879. The second-order valence-corrected chi connectivity index (χ2v) is 5.11. The van der Waals surface area contributed by atoms with Crippen LogP contribution in [0, 0.1) is 6.92 Å². The Bertz CT molecular complexity index is 549. The predicted octanol–water partition coefficient (Wildman–Crippen LogP) is 2.95. The van der Waals surface area contributed by atoms with Crippen LogP contribution in [0.15, 0.2) is 48.5 Å². The minimum absolute atomic E-state index is 0.0366. The van der Waals surface area contributed by atoms with E-state index in [1.807, 2.05) is 43.3 Å². The van der Waals surface area contributed by atoms with Gasteiger partial charge in [-0.15, -0.1) is 0 Å². The molecule has 0 aromatic heterocycles. The van der Waals surface area contributed by atoms with Gasteiger partial charge in [0.2, 0.25) is 0 Å². The summed E-state index contributed by atoms with van der Waals surface area (Å²) in [7, 11) is 0. The van der Waals surface area contributed by atoms with E-state index >= 15 is 0 Å². The zero-order chi connectivity index (χ0) is 14.5. The van der Waals surface area contributed by atoms with Crippen LogP contribution in [-0.2, 0) is 6.61 Å². The van der Waals surface area contributed by atoms with Crippen LogP contribution in [0.5, 0.6) is 5.75 Å². The molecule has 3 N–H and O–H groups in total. The molecule has 0 bridgehead atoms. The molecule has 0 radical (unpaired) electrons. The Morgan fingerprint density at radius 3 is 2.40 bits per heavy atom. The summed E-state index contributed by atoms with van der Waals surface area (Å²) < 4.78 is 6.01. The summed E-state index contributed by atoms with van der Waals surface area (Å²) in [5, 5.41) is 9.05. The van der Waals surface area contributed by atoms with Gasteiger partial charge in [0.15, 0.2) is 0 Å². The van der Waals surface area contributed by atoms with Crippen LogP contribution in [0.4, 0.5) is 0 Å². The van der Waals surface area contributed by atoms with Crippen molar-refractivity contribution in [2.45, 2.75) is 32.6 Å². The SMILES string of the molecule is Cc1cccc(C(Oc2ccc(CO)cc2)C(C)N)c1. The molecule has 2 aromatic rings. The topological polar surface area (TPSA) is 55.5 Å². The monoisotopic (exact) mass is 271 g/mol. The van der Waals surface area contributed by atoms with Gasteiger partial charge < -0.3 is 15.6 Å². The number of rotatable bonds is 5. The lowest BCUT2D eigenvalue weighted by Gasteiger charge is -2.23.